The van der Waals surface area contributed by atoms with Crippen LogP contribution in [-0.4, -0.2) is 31.3 Å². The van der Waals surface area contributed by atoms with Crippen LogP contribution in [0.15, 0.2) is 24.4 Å². The van der Waals surface area contributed by atoms with Gasteiger partial charge in [0.1, 0.15) is 5.69 Å². The topological polar surface area (TPSA) is 46.5 Å². The lowest BCUT2D eigenvalue weighted by atomic mass is 10.2. The molecule has 6 heteroatoms. The molecule has 0 spiro atoms. The average Bonchev–Trinajstić information content (AvgIpc) is 2.83. The summed E-state index contributed by atoms with van der Waals surface area (Å²) in [7, 11) is 0. The SMILES string of the molecule is S=c1[nH]nc(-c2ccccn2)n1C1CCCSC1. The number of aromatic amines is 1. The second-order valence-corrected chi connectivity index (χ2v) is 5.84. The molecule has 94 valence electrons. The highest BCUT2D eigenvalue weighted by Crippen LogP contribution is 2.30. The van der Waals surface area contributed by atoms with Gasteiger partial charge in [-0.15, -0.1) is 0 Å². The maximum Gasteiger partial charge on any atom is 0.195 e. The molecule has 0 bridgehead atoms. The van der Waals surface area contributed by atoms with Crippen LogP contribution in [0.5, 0.6) is 0 Å². The first-order valence-electron chi connectivity index (χ1n) is 6.02. The molecule has 0 amide bonds. The molecule has 3 heterocycles. The number of pyridine rings is 1. The van der Waals surface area contributed by atoms with E-state index in [1.54, 1.807) is 6.20 Å². The summed E-state index contributed by atoms with van der Waals surface area (Å²) in [5, 5.41) is 7.23. The fourth-order valence-electron chi connectivity index (χ4n) is 2.25. The zero-order valence-electron chi connectivity index (χ0n) is 9.87. The van der Waals surface area contributed by atoms with Crippen LogP contribution in [0.4, 0.5) is 0 Å². The number of nitrogens with zero attached hydrogens (tertiary/aromatic N) is 3. The lowest BCUT2D eigenvalue weighted by Gasteiger charge is -2.23. The second-order valence-electron chi connectivity index (χ2n) is 4.31. The van der Waals surface area contributed by atoms with E-state index >= 15 is 0 Å². The highest BCUT2D eigenvalue weighted by molar-refractivity contribution is 7.99. The largest absolute Gasteiger partial charge is 0.295 e. The molecule has 2 aromatic heterocycles. The van der Waals surface area contributed by atoms with Crippen LogP contribution in [0.1, 0.15) is 18.9 Å². The van der Waals surface area contributed by atoms with E-state index in [0.29, 0.717) is 10.8 Å². The van der Waals surface area contributed by atoms with Gasteiger partial charge in [-0.2, -0.15) is 16.9 Å². The Morgan fingerprint density at radius 2 is 2.39 bits per heavy atom. The van der Waals surface area contributed by atoms with Crippen molar-refractivity contribution >= 4 is 24.0 Å². The number of rotatable bonds is 2. The molecule has 18 heavy (non-hydrogen) atoms. The van der Waals surface area contributed by atoms with E-state index in [2.05, 4.69) is 19.7 Å². The van der Waals surface area contributed by atoms with Gasteiger partial charge < -0.3 is 0 Å². The minimum Gasteiger partial charge on any atom is -0.295 e. The van der Waals surface area contributed by atoms with Crippen molar-refractivity contribution in [3.8, 4) is 11.5 Å². The third kappa shape index (κ3) is 2.22. The molecule has 1 aliphatic heterocycles. The minimum absolute atomic E-state index is 0.437. The van der Waals surface area contributed by atoms with Crippen molar-refractivity contribution in [2.75, 3.05) is 11.5 Å². The molecule has 1 saturated heterocycles. The highest BCUT2D eigenvalue weighted by atomic mass is 32.2. The molecule has 4 nitrogen and oxygen atoms in total. The zero-order valence-corrected chi connectivity index (χ0v) is 11.5. The molecule has 0 radical (unpaired) electrons. The van der Waals surface area contributed by atoms with Gasteiger partial charge in [0.2, 0.25) is 0 Å². The summed E-state index contributed by atoms with van der Waals surface area (Å²) in [4.78, 5) is 4.36. The third-order valence-electron chi connectivity index (χ3n) is 3.10. The van der Waals surface area contributed by atoms with Crippen LogP contribution in [0.25, 0.3) is 11.5 Å². The first kappa shape index (κ1) is 11.9. The molecule has 3 rings (SSSR count). The molecule has 0 saturated carbocycles. The van der Waals surface area contributed by atoms with Crippen LogP contribution in [0, 0.1) is 4.77 Å². The Morgan fingerprint density at radius 1 is 1.44 bits per heavy atom. The lowest BCUT2D eigenvalue weighted by Crippen LogP contribution is -2.17. The van der Waals surface area contributed by atoms with E-state index in [4.69, 9.17) is 12.2 Å². The molecule has 1 unspecified atom stereocenters. The molecule has 1 atom stereocenters. The summed E-state index contributed by atoms with van der Waals surface area (Å²) in [5.41, 5.74) is 0.875. The predicted molar refractivity (Wildman–Crippen MR) is 76.2 cm³/mol. The highest BCUT2D eigenvalue weighted by Gasteiger charge is 2.21. The van der Waals surface area contributed by atoms with E-state index in [0.717, 1.165) is 17.3 Å². The molecule has 1 fully saturated rings. The fraction of sp³-hybridized carbons (Fsp3) is 0.417. The normalized spacial score (nSPS) is 19.9. The maximum absolute atomic E-state index is 5.36. The summed E-state index contributed by atoms with van der Waals surface area (Å²) < 4.78 is 2.83. The van der Waals surface area contributed by atoms with Gasteiger partial charge in [0.25, 0.3) is 0 Å². The Hall–Kier alpha value is -1.14. The van der Waals surface area contributed by atoms with Gasteiger partial charge in [-0.25, -0.2) is 0 Å². The Bertz CT molecular complexity index is 569. The van der Waals surface area contributed by atoms with Gasteiger partial charge in [-0.05, 0) is 42.9 Å². The van der Waals surface area contributed by atoms with Crippen LogP contribution in [-0.2, 0) is 0 Å². The van der Waals surface area contributed by atoms with Crippen LogP contribution < -0.4 is 0 Å². The summed E-state index contributed by atoms with van der Waals surface area (Å²) in [6, 6.07) is 6.29. The fourth-order valence-corrected chi connectivity index (χ4v) is 3.65. The van der Waals surface area contributed by atoms with Crippen molar-refractivity contribution in [1.82, 2.24) is 19.7 Å². The quantitative estimate of drug-likeness (QED) is 0.858. The average molecular weight is 278 g/mol. The molecule has 0 aromatic carbocycles. The van der Waals surface area contributed by atoms with Gasteiger partial charge in [-0.1, -0.05) is 6.07 Å². The Morgan fingerprint density at radius 3 is 3.11 bits per heavy atom. The first-order valence-corrected chi connectivity index (χ1v) is 7.58. The third-order valence-corrected chi connectivity index (χ3v) is 4.59. The van der Waals surface area contributed by atoms with Gasteiger partial charge in [0.05, 0.1) is 0 Å². The van der Waals surface area contributed by atoms with Crippen molar-refractivity contribution in [3.05, 3.63) is 29.2 Å². The Balaban J connectivity index is 2.03. The number of nitrogens with one attached hydrogen (secondary N) is 1. The molecule has 0 aliphatic carbocycles. The summed E-state index contributed by atoms with van der Waals surface area (Å²) in [6.07, 6.45) is 4.19. The van der Waals surface area contributed by atoms with Crippen molar-refractivity contribution in [1.29, 1.82) is 0 Å². The number of hydrogen-bond donors (Lipinski definition) is 1. The van der Waals surface area contributed by atoms with E-state index in [-0.39, 0.29) is 0 Å². The molecule has 1 aliphatic rings. The van der Waals surface area contributed by atoms with E-state index in [1.807, 2.05) is 30.0 Å². The number of H-pyrrole nitrogens is 1. The molecule has 2 aromatic rings. The van der Waals surface area contributed by atoms with Crippen LogP contribution in [0.2, 0.25) is 0 Å². The minimum atomic E-state index is 0.437. The summed E-state index contributed by atoms with van der Waals surface area (Å²) in [6.45, 7) is 0. The maximum atomic E-state index is 5.36. The monoisotopic (exact) mass is 278 g/mol. The lowest BCUT2D eigenvalue weighted by molar-refractivity contribution is 0.497. The number of hydrogen-bond acceptors (Lipinski definition) is 4. The standard InChI is InChI=1S/C12H14N4S2/c17-12-15-14-11(10-5-1-2-6-13-10)16(12)9-4-3-7-18-8-9/h1-2,5-6,9H,3-4,7-8H2,(H,15,17). The Kier molecular flexibility index (Phi) is 3.47. The number of aromatic nitrogens is 4. The summed E-state index contributed by atoms with van der Waals surface area (Å²) in [5.74, 6) is 3.21. The molecule has 1 N–H and O–H groups in total. The van der Waals surface area contributed by atoms with Gasteiger partial charge in [-0.3, -0.25) is 14.6 Å². The van der Waals surface area contributed by atoms with E-state index < -0.39 is 0 Å². The van der Waals surface area contributed by atoms with Gasteiger partial charge in [0, 0.05) is 18.0 Å². The Labute approximate surface area is 115 Å². The number of thioether (sulfide) groups is 1. The van der Waals surface area contributed by atoms with Crippen LogP contribution >= 0.6 is 24.0 Å². The van der Waals surface area contributed by atoms with E-state index in [1.165, 1.54) is 18.6 Å². The predicted octanol–water partition coefficient (Wildman–Crippen LogP) is 3.07. The summed E-state index contributed by atoms with van der Waals surface area (Å²) >= 11 is 7.35. The van der Waals surface area contributed by atoms with Crippen LogP contribution in [0.3, 0.4) is 0 Å². The van der Waals surface area contributed by atoms with Crippen molar-refractivity contribution in [3.63, 3.8) is 0 Å². The van der Waals surface area contributed by atoms with Crippen molar-refractivity contribution in [2.24, 2.45) is 0 Å². The first-order chi connectivity index (χ1) is 8.86. The van der Waals surface area contributed by atoms with Crippen molar-refractivity contribution < 1.29 is 0 Å². The van der Waals surface area contributed by atoms with Gasteiger partial charge in [0.15, 0.2) is 10.6 Å². The zero-order chi connectivity index (χ0) is 12.4. The van der Waals surface area contributed by atoms with Crippen molar-refractivity contribution in [2.45, 2.75) is 18.9 Å². The van der Waals surface area contributed by atoms with Gasteiger partial charge >= 0.3 is 0 Å². The molecular weight excluding hydrogens is 264 g/mol. The van der Waals surface area contributed by atoms with E-state index in [9.17, 15) is 0 Å². The molecular formula is C12H14N4S2. The second kappa shape index (κ2) is 5.24. The smallest absolute Gasteiger partial charge is 0.195 e.